The summed E-state index contributed by atoms with van der Waals surface area (Å²) in [6, 6.07) is -0.105. The van der Waals surface area contributed by atoms with Gasteiger partial charge in [-0.15, -0.1) is 0 Å². The van der Waals surface area contributed by atoms with E-state index in [1.807, 2.05) is 0 Å². The summed E-state index contributed by atoms with van der Waals surface area (Å²) in [6.07, 6.45) is -9.49. The number of benzene rings is 1. The maximum Gasteiger partial charge on any atom is 0.416 e. The lowest BCUT2D eigenvalue weighted by Crippen LogP contribution is -2.42. The smallest absolute Gasteiger partial charge is 0.394 e. The van der Waals surface area contributed by atoms with E-state index in [1.165, 1.54) is 0 Å². The average Bonchev–Trinajstić information content (AvgIpc) is 2.49. The Morgan fingerprint density at radius 2 is 1.54 bits per heavy atom. The molecule has 0 saturated heterocycles. The molecule has 3 nitrogen and oxygen atoms in total. The molecule has 0 aliphatic rings. The molecule has 0 radical (unpaired) electrons. The van der Waals surface area contributed by atoms with Gasteiger partial charge in [0.05, 0.1) is 23.8 Å². The minimum atomic E-state index is -5.02. The van der Waals surface area contributed by atoms with Gasteiger partial charge in [0.2, 0.25) is 0 Å². The maximum atomic E-state index is 12.8. The van der Waals surface area contributed by atoms with Crippen LogP contribution >= 0.6 is 0 Å². The minimum Gasteiger partial charge on any atom is -0.394 e. The zero-order valence-electron chi connectivity index (χ0n) is 12.9. The van der Waals surface area contributed by atoms with Crippen LogP contribution in [0.1, 0.15) is 41.8 Å². The molecule has 0 saturated carbocycles. The van der Waals surface area contributed by atoms with Crippen molar-refractivity contribution in [1.82, 2.24) is 5.32 Å². The summed E-state index contributed by atoms with van der Waals surface area (Å²) in [5.74, 6) is -1.31. The molecular formula is C15H17F6NO2. The van der Waals surface area contributed by atoms with Gasteiger partial charge in [-0.2, -0.15) is 26.3 Å². The minimum absolute atomic E-state index is 0.0467. The summed E-state index contributed by atoms with van der Waals surface area (Å²) < 4.78 is 76.6. The second-order valence-electron chi connectivity index (χ2n) is 5.44. The molecule has 0 aromatic heterocycles. The van der Waals surface area contributed by atoms with Crippen molar-refractivity contribution in [3.63, 3.8) is 0 Å². The third-order valence-corrected chi connectivity index (χ3v) is 3.69. The fraction of sp³-hybridized carbons (Fsp3) is 0.533. The molecule has 24 heavy (non-hydrogen) atoms. The summed E-state index contributed by atoms with van der Waals surface area (Å²) in [7, 11) is 0. The van der Waals surface area contributed by atoms with E-state index in [1.54, 1.807) is 13.8 Å². The van der Waals surface area contributed by atoms with Crippen LogP contribution in [-0.4, -0.2) is 23.7 Å². The van der Waals surface area contributed by atoms with Crippen molar-refractivity contribution in [1.29, 1.82) is 0 Å². The third-order valence-electron chi connectivity index (χ3n) is 3.69. The van der Waals surface area contributed by atoms with Crippen molar-refractivity contribution in [2.45, 2.75) is 38.7 Å². The number of nitrogens with one attached hydrogen (secondary N) is 1. The molecule has 0 unspecified atom stereocenters. The Hall–Kier alpha value is -1.77. The molecule has 1 amide bonds. The first-order valence-electron chi connectivity index (χ1n) is 7.11. The molecule has 136 valence electrons. The largest absolute Gasteiger partial charge is 0.416 e. The van der Waals surface area contributed by atoms with E-state index in [0.717, 1.165) is 0 Å². The highest BCUT2D eigenvalue weighted by Gasteiger charge is 2.37. The summed E-state index contributed by atoms with van der Waals surface area (Å²) in [6.45, 7) is 2.98. The molecular weight excluding hydrogens is 340 g/mol. The second kappa shape index (κ2) is 7.42. The van der Waals surface area contributed by atoms with E-state index in [4.69, 9.17) is 0 Å². The van der Waals surface area contributed by atoms with Crippen molar-refractivity contribution in [2.75, 3.05) is 6.61 Å². The lowest BCUT2D eigenvalue weighted by Gasteiger charge is -2.22. The van der Waals surface area contributed by atoms with Gasteiger partial charge in [-0.3, -0.25) is 4.79 Å². The molecule has 2 atom stereocenters. The SMILES string of the molecule is CC[C@H](C)[C@@H](CO)NC(=O)c1cc(C(F)(F)F)cc(C(F)(F)F)c1. The van der Waals surface area contributed by atoms with Crippen molar-refractivity contribution in [3.05, 3.63) is 34.9 Å². The first-order valence-corrected chi connectivity index (χ1v) is 7.11. The molecule has 2 N–H and O–H groups in total. The molecule has 0 bridgehead atoms. The molecule has 1 aromatic carbocycles. The van der Waals surface area contributed by atoms with Gasteiger partial charge in [0.15, 0.2) is 0 Å². The molecule has 0 heterocycles. The molecule has 9 heteroatoms. The summed E-state index contributed by atoms with van der Waals surface area (Å²) in [4.78, 5) is 12.0. The van der Waals surface area contributed by atoms with Gasteiger partial charge in [-0.1, -0.05) is 20.3 Å². The summed E-state index contributed by atoms with van der Waals surface area (Å²) in [5.41, 5.74) is -3.89. The number of amides is 1. The number of aliphatic hydroxyl groups is 1. The normalized spacial score (nSPS) is 15.0. The van der Waals surface area contributed by atoms with Crippen LogP contribution in [0, 0.1) is 5.92 Å². The Labute approximate surface area is 134 Å². The number of rotatable bonds is 5. The fourth-order valence-electron chi connectivity index (χ4n) is 1.99. The van der Waals surface area contributed by atoms with Crippen molar-refractivity contribution in [2.24, 2.45) is 5.92 Å². The Balaban J connectivity index is 3.24. The molecule has 0 aliphatic carbocycles. The van der Waals surface area contributed by atoms with Gasteiger partial charge in [0.1, 0.15) is 0 Å². The zero-order chi connectivity index (χ0) is 18.7. The standard InChI is InChI=1S/C15H17F6NO2/c1-3-8(2)12(7-23)22-13(24)9-4-10(14(16,17)18)6-11(5-9)15(19,20)21/h4-6,8,12,23H,3,7H2,1-2H3,(H,22,24)/t8-,12+/m0/s1. The van der Waals surface area contributed by atoms with E-state index in [2.05, 4.69) is 5.32 Å². The highest BCUT2D eigenvalue weighted by Crippen LogP contribution is 2.36. The van der Waals surface area contributed by atoms with Gasteiger partial charge in [-0.25, -0.2) is 0 Å². The van der Waals surface area contributed by atoms with Crippen molar-refractivity contribution < 1.29 is 36.2 Å². The number of halogens is 6. The lowest BCUT2D eigenvalue weighted by molar-refractivity contribution is -0.143. The number of hydrogen-bond donors (Lipinski definition) is 2. The molecule has 1 rings (SSSR count). The van der Waals surface area contributed by atoms with E-state index < -0.39 is 47.6 Å². The van der Waals surface area contributed by atoms with Crippen LogP contribution in [0.15, 0.2) is 18.2 Å². The van der Waals surface area contributed by atoms with Crippen LogP contribution in [0.5, 0.6) is 0 Å². The van der Waals surface area contributed by atoms with E-state index in [9.17, 15) is 36.2 Å². The zero-order valence-corrected chi connectivity index (χ0v) is 12.9. The monoisotopic (exact) mass is 357 g/mol. The molecule has 0 spiro atoms. The molecule has 1 aromatic rings. The summed E-state index contributed by atoms with van der Waals surface area (Å²) >= 11 is 0. The number of aliphatic hydroxyl groups excluding tert-OH is 1. The van der Waals surface area contributed by atoms with E-state index in [-0.39, 0.29) is 12.0 Å². The quantitative estimate of drug-likeness (QED) is 0.787. The Kier molecular flexibility index (Phi) is 6.26. The van der Waals surface area contributed by atoms with Crippen molar-refractivity contribution in [3.8, 4) is 0 Å². The predicted molar refractivity (Wildman–Crippen MR) is 74.2 cm³/mol. The first kappa shape index (κ1) is 20.3. The van der Waals surface area contributed by atoms with Crippen LogP contribution < -0.4 is 5.32 Å². The maximum absolute atomic E-state index is 12.8. The van der Waals surface area contributed by atoms with Crippen LogP contribution in [0.2, 0.25) is 0 Å². The van der Waals surface area contributed by atoms with Crippen molar-refractivity contribution >= 4 is 5.91 Å². The predicted octanol–water partition coefficient (Wildman–Crippen LogP) is 3.86. The van der Waals surface area contributed by atoms with E-state index >= 15 is 0 Å². The van der Waals surface area contributed by atoms with Gasteiger partial charge in [-0.05, 0) is 24.1 Å². The fourth-order valence-corrected chi connectivity index (χ4v) is 1.99. The highest BCUT2D eigenvalue weighted by molar-refractivity contribution is 5.94. The van der Waals surface area contributed by atoms with Gasteiger partial charge >= 0.3 is 12.4 Å². The van der Waals surface area contributed by atoms with Gasteiger partial charge in [0, 0.05) is 5.56 Å². The number of alkyl halides is 6. The Morgan fingerprint density at radius 1 is 1.08 bits per heavy atom. The van der Waals surface area contributed by atoms with Crippen LogP contribution in [0.4, 0.5) is 26.3 Å². The van der Waals surface area contributed by atoms with Crippen LogP contribution in [-0.2, 0) is 12.4 Å². The number of hydrogen-bond acceptors (Lipinski definition) is 2. The van der Waals surface area contributed by atoms with Crippen LogP contribution in [0.3, 0.4) is 0 Å². The Bertz CT molecular complexity index is 550. The Morgan fingerprint density at radius 3 is 1.88 bits per heavy atom. The average molecular weight is 357 g/mol. The van der Waals surface area contributed by atoms with Gasteiger partial charge < -0.3 is 10.4 Å². The third kappa shape index (κ3) is 5.12. The lowest BCUT2D eigenvalue weighted by atomic mass is 9.98. The number of carbonyl (C=O) groups is 1. The molecule has 0 aliphatic heterocycles. The topological polar surface area (TPSA) is 49.3 Å². The second-order valence-corrected chi connectivity index (χ2v) is 5.44. The van der Waals surface area contributed by atoms with E-state index in [0.29, 0.717) is 18.6 Å². The summed E-state index contributed by atoms with van der Waals surface area (Å²) in [5, 5.41) is 11.5. The molecule has 0 fully saturated rings. The van der Waals surface area contributed by atoms with Gasteiger partial charge in [0.25, 0.3) is 5.91 Å². The number of carbonyl (C=O) groups excluding carboxylic acids is 1. The van der Waals surface area contributed by atoms with Crippen LogP contribution in [0.25, 0.3) is 0 Å². The first-order chi connectivity index (χ1) is 10.9. The highest BCUT2D eigenvalue weighted by atomic mass is 19.4.